The van der Waals surface area contributed by atoms with Crippen molar-refractivity contribution in [3.8, 4) is 12.8 Å². The summed E-state index contributed by atoms with van der Waals surface area (Å²) in [7, 11) is -3.63. The third kappa shape index (κ3) is 665. The van der Waals surface area contributed by atoms with Crippen molar-refractivity contribution in [2.24, 2.45) is 0 Å². The Morgan fingerprint density at radius 3 is 1.29 bits per heavy atom. The average molecular weight is 142 g/mol. The molecule has 0 aromatic carbocycles. The van der Waals surface area contributed by atoms with E-state index in [-0.39, 0.29) is 37.7 Å². The van der Waals surface area contributed by atoms with E-state index in [0.29, 0.717) is 0 Å². The maximum absolute atomic E-state index is 8.52. The van der Waals surface area contributed by atoms with Gasteiger partial charge in [-0.3, -0.25) is 0 Å². The van der Waals surface area contributed by atoms with Crippen LogP contribution in [0.15, 0.2) is 0 Å². The summed E-state index contributed by atoms with van der Waals surface area (Å²) in [5, 5.41) is 0. The van der Waals surface area contributed by atoms with Crippen LogP contribution in [0.1, 0.15) is 0 Å². The van der Waals surface area contributed by atoms with Crippen LogP contribution >= 0.6 is 0 Å². The molecule has 0 radical (unpaired) electrons. The molecule has 5 heteroatoms. The maximum Gasteiger partial charge on any atom is 2.00 e. The van der Waals surface area contributed by atoms with Crippen LogP contribution in [-0.4, -0.2) is 46.9 Å². The molecule has 34 valence electrons. The molecule has 0 heterocycles. The molecule has 0 atom stereocenters. The van der Waals surface area contributed by atoms with Gasteiger partial charge < -0.3 is 14.1 Å². The predicted molar refractivity (Wildman–Crippen MR) is 22.1 cm³/mol. The van der Waals surface area contributed by atoms with Gasteiger partial charge in [0.05, 0.1) is 0 Å². The molecule has 3 nitrogen and oxygen atoms in total. The second-order valence-corrected chi connectivity index (χ2v) is 0.750. The van der Waals surface area contributed by atoms with Gasteiger partial charge in [0.25, 0.3) is 0 Å². The van der Waals surface area contributed by atoms with Crippen molar-refractivity contribution in [3.05, 3.63) is 0 Å². The summed E-state index contributed by atoms with van der Waals surface area (Å²) >= 11 is 0. The van der Waals surface area contributed by atoms with Gasteiger partial charge in [0.15, 0.2) is 0 Å². The standard InChI is InChI=1S/C2H2.Ca.O3Si/c1-2;;1-4(2)3/h1-2H;;/q;+2;-2. The molecule has 0 unspecified atom stereocenters. The topological polar surface area (TPSA) is 63.2 Å². The molecule has 0 amide bonds. The van der Waals surface area contributed by atoms with Gasteiger partial charge in [-0.05, 0) is 0 Å². The van der Waals surface area contributed by atoms with Crippen molar-refractivity contribution < 1.29 is 14.1 Å². The van der Waals surface area contributed by atoms with E-state index >= 15 is 0 Å². The zero-order chi connectivity index (χ0) is 5.58. The summed E-state index contributed by atoms with van der Waals surface area (Å²) in [6.07, 6.45) is 8.00. The molecule has 0 aromatic heterocycles. The van der Waals surface area contributed by atoms with Gasteiger partial charge in [0.1, 0.15) is 0 Å². The maximum atomic E-state index is 8.52. The predicted octanol–water partition coefficient (Wildman–Crippen LogP) is -3.01. The van der Waals surface area contributed by atoms with E-state index in [1.807, 2.05) is 0 Å². The smallest absolute Gasteiger partial charge is 0.672 e. The van der Waals surface area contributed by atoms with E-state index in [2.05, 4.69) is 12.8 Å². The van der Waals surface area contributed by atoms with Crippen molar-refractivity contribution in [2.75, 3.05) is 0 Å². The fourth-order valence-electron chi connectivity index (χ4n) is 0. The third-order valence-electron chi connectivity index (χ3n) is 0. The Labute approximate surface area is 73.3 Å². The van der Waals surface area contributed by atoms with Crippen LogP contribution < -0.4 is 9.59 Å². The summed E-state index contributed by atoms with van der Waals surface area (Å²) in [4.78, 5) is 17.0. The second-order valence-electron chi connectivity index (χ2n) is 0.250. The first-order chi connectivity index (χ1) is 2.73. The quantitative estimate of drug-likeness (QED) is 0.267. The minimum Gasteiger partial charge on any atom is -0.672 e. The van der Waals surface area contributed by atoms with Crippen molar-refractivity contribution >= 4 is 46.9 Å². The largest absolute Gasteiger partial charge is 2.00 e. The first-order valence-electron chi connectivity index (χ1n) is 0.946. The molecule has 0 aromatic rings. The van der Waals surface area contributed by atoms with Gasteiger partial charge in [-0.15, -0.1) is 12.8 Å². The fraction of sp³-hybridized carbons (Fsp3) is 0. The zero-order valence-electron chi connectivity index (χ0n) is 3.59. The second kappa shape index (κ2) is 16.1. The van der Waals surface area contributed by atoms with Crippen LogP contribution in [0.5, 0.6) is 0 Å². The number of terminal acetylenes is 1. The normalized spacial score (nSPS) is 3.71. The van der Waals surface area contributed by atoms with E-state index in [1.54, 1.807) is 0 Å². The Morgan fingerprint density at radius 2 is 1.29 bits per heavy atom. The van der Waals surface area contributed by atoms with E-state index < -0.39 is 9.17 Å². The minimum absolute atomic E-state index is 0. The SMILES string of the molecule is C#C.O=[Si]([O-])[O-].[Ca+2]. The van der Waals surface area contributed by atoms with E-state index in [9.17, 15) is 0 Å². The molecule has 0 saturated carbocycles. The van der Waals surface area contributed by atoms with Gasteiger partial charge in [0, 0.05) is 9.17 Å². The van der Waals surface area contributed by atoms with Crippen LogP contribution in [0.3, 0.4) is 0 Å². The summed E-state index contributed by atoms with van der Waals surface area (Å²) in [5.74, 6) is 0. The number of hydrogen-bond acceptors (Lipinski definition) is 3. The van der Waals surface area contributed by atoms with Crippen molar-refractivity contribution in [1.82, 2.24) is 0 Å². The van der Waals surface area contributed by atoms with Crippen LogP contribution in [0.25, 0.3) is 0 Å². The molecule has 0 fully saturated rings. The number of hydrogen-bond donors (Lipinski definition) is 0. The molecule has 0 saturated heterocycles. The Morgan fingerprint density at radius 1 is 1.29 bits per heavy atom. The summed E-state index contributed by atoms with van der Waals surface area (Å²) < 4.78 is 8.52. The summed E-state index contributed by atoms with van der Waals surface area (Å²) in [6, 6.07) is 0. The van der Waals surface area contributed by atoms with Crippen LogP contribution in [0, 0.1) is 12.8 Å². The first-order valence-corrected chi connectivity index (χ1v) is 2.17. The van der Waals surface area contributed by atoms with E-state index in [0.717, 1.165) is 0 Å². The molecule has 0 rings (SSSR count). The molecule has 0 aliphatic heterocycles. The van der Waals surface area contributed by atoms with Gasteiger partial charge in [-0.25, -0.2) is 0 Å². The molecule has 7 heavy (non-hydrogen) atoms. The van der Waals surface area contributed by atoms with E-state index in [1.165, 1.54) is 0 Å². The van der Waals surface area contributed by atoms with Crippen LogP contribution in [0.2, 0.25) is 0 Å². The first kappa shape index (κ1) is 15.7. The van der Waals surface area contributed by atoms with Crippen molar-refractivity contribution in [3.63, 3.8) is 0 Å². The zero-order valence-corrected chi connectivity index (χ0v) is 6.79. The van der Waals surface area contributed by atoms with Crippen LogP contribution in [0.4, 0.5) is 0 Å². The molecule has 0 aliphatic carbocycles. The Hall–Kier alpha value is 0.437. The minimum atomic E-state index is -3.63. The van der Waals surface area contributed by atoms with Gasteiger partial charge in [-0.1, -0.05) is 0 Å². The molecular weight excluding hydrogens is 140 g/mol. The molecule has 0 spiro atoms. The van der Waals surface area contributed by atoms with Gasteiger partial charge in [0.2, 0.25) is 0 Å². The molecular formula is C2H2CaO3Si. The summed E-state index contributed by atoms with van der Waals surface area (Å²) in [5.41, 5.74) is 0. The average Bonchev–Trinajstić information content (AvgIpc) is 1.41. The van der Waals surface area contributed by atoms with Gasteiger partial charge in [-0.2, -0.15) is 0 Å². The summed E-state index contributed by atoms with van der Waals surface area (Å²) in [6.45, 7) is 0. The molecule has 0 bridgehead atoms. The van der Waals surface area contributed by atoms with E-state index in [4.69, 9.17) is 14.1 Å². The van der Waals surface area contributed by atoms with Crippen molar-refractivity contribution in [1.29, 1.82) is 0 Å². The van der Waals surface area contributed by atoms with Crippen molar-refractivity contribution in [2.45, 2.75) is 0 Å². The monoisotopic (exact) mass is 142 g/mol. The Balaban J connectivity index is -0.0000000480. The molecule has 0 N–H and O–H groups in total. The Bertz CT molecular complexity index is 57.2. The fourth-order valence-corrected chi connectivity index (χ4v) is 0. The third-order valence-corrected chi connectivity index (χ3v) is 0. The Kier molecular flexibility index (Phi) is 36.0. The van der Waals surface area contributed by atoms with Crippen LogP contribution in [-0.2, 0) is 4.46 Å². The number of rotatable bonds is 0. The molecule has 0 aliphatic rings. The van der Waals surface area contributed by atoms with Gasteiger partial charge >= 0.3 is 37.7 Å².